The van der Waals surface area contributed by atoms with Gasteiger partial charge in [-0.15, -0.1) is 0 Å². The molecule has 0 fully saturated rings. The Bertz CT molecular complexity index is 1880. The molecule has 11 heteroatoms. The number of halogens is 5. The summed E-state index contributed by atoms with van der Waals surface area (Å²) in [5, 5.41) is 0.971. The van der Waals surface area contributed by atoms with Crippen LogP contribution in [0.25, 0.3) is 34.5 Å². The number of alkyl halides is 3. The molecule has 0 saturated carbocycles. The summed E-state index contributed by atoms with van der Waals surface area (Å²) in [5.41, 5.74) is 4.40. The molecule has 0 aliphatic heterocycles. The van der Waals surface area contributed by atoms with E-state index in [0.717, 1.165) is 35.1 Å². The second kappa shape index (κ2) is 12.3. The highest BCUT2D eigenvalue weighted by Gasteiger charge is 2.29. The molecule has 0 bridgehead atoms. The third-order valence-corrected chi connectivity index (χ3v) is 7.66. The highest BCUT2D eigenvalue weighted by Crippen LogP contribution is 2.32. The lowest BCUT2D eigenvalue weighted by Gasteiger charge is -2.08. The van der Waals surface area contributed by atoms with E-state index in [0.29, 0.717) is 44.9 Å². The molecule has 0 spiro atoms. The van der Waals surface area contributed by atoms with Crippen LogP contribution >= 0.6 is 23.2 Å². The van der Waals surface area contributed by atoms with Gasteiger partial charge in [0, 0.05) is 29.0 Å². The maximum absolute atomic E-state index is 12.9. The van der Waals surface area contributed by atoms with Crippen LogP contribution in [-0.4, -0.2) is 24.2 Å². The second-order valence-corrected chi connectivity index (χ2v) is 12.4. The Labute approximate surface area is 257 Å². The van der Waals surface area contributed by atoms with Gasteiger partial charge in [-0.3, -0.25) is 4.72 Å². The van der Waals surface area contributed by atoms with Gasteiger partial charge in [-0.2, -0.15) is 13.2 Å². The first-order valence-electron chi connectivity index (χ1n) is 12.9. The van der Waals surface area contributed by atoms with Gasteiger partial charge in [0.1, 0.15) is 5.82 Å². The van der Waals surface area contributed by atoms with Crippen LogP contribution in [0.5, 0.6) is 0 Å². The van der Waals surface area contributed by atoms with E-state index >= 15 is 0 Å². The maximum Gasteiger partial charge on any atom is 0.416 e. The number of rotatable bonds is 8. The normalized spacial score (nSPS) is 12.1. The van der Waals surface area contributed by atoms with Crippen molar-refractivity contribution in [2.75, 3.05) is 11.0 Å². The largest absolute Gasteiger partial charge is 0.416 e. The highest BCUT2D eigenvalue weighted by molar-refractivity contribution is 7.92. The number of nitrogens with zero attached hydrogens (tertiary/aromatic N) is 2. The van der Waals surface area contributed by atoms with Crippen LogP contribution in [0.4, 0.5) is 18.9 Å². The number of imidazole rings is 1. The molecule has 1 heterocycles. The number of aromatic nitrogens is 2. The zero-order valence-electron chi connectivity index (χ0n) is 22.6. The van der Waals surface area contributed by atoms with Crippen LogP contribution in [0.1, 0.15) is 22.5 Å². The van der Waals surface area contributed by atoms with Crippen molar-refractivity contribution >= 4 is 51.1 Å². The molecular formula is C32H24Cl2F3N3O2S. The van der Waals surface area contributed by atoms with Crippen molar-refractivity contribution in [1.82, 2.24) is 9.55 Å². The fourth-order valence-electron chi connectivity index (χ4n) is 4.41. The Kier molecular flexibility index (Phi) is 8.69. The average molecular weight is 643 g/mol. The molecule has 0 aliphatic rings. The topological polar surface area (TPSA) is 64.0 Å². The van der Waals surface area contributed by atoms with E-state index in [1.54, 1.807) is 30.3 Å². The minimum Gasteiger partial charge on any atom is -0.326 e. The molecule has 0 unspecified atom stereocenters. The van der Waals surface area contributed by atoms with Crippen molar-refractivity contribution in [3.8, 4) is 22.4 Å². The first-order valence-corrected chi connectivity index (χ1v) is 15.5. The first kappa shape index (κ1) is 30.4. The standard InChI is InChI=1S/C32H24Cl2F3N3O2S/c1-43(41,42)39-27-14-4-22(5-15-27)19-40-20-30(28-16-13-26(33)18-29(28)34)38-31(40)17-6-21-2-7-23(8-3-21)24-9-11-25(12-10-24)32(35,36)37/h2-18,20,39H,19H2,1H3. The Morgan fingerprint density at radius 2 is 1.49 bits per heavy atom. The number of sulfonamides is 1. The summed E-state index contributed by atoms with van der Waals surface area (Å²) >= 11 is 12.5. The monoisotopic (exact) mass is 641 g/mol. The fourth-order valence-corrected chi connectivity index (χ4v) is 5.48. The Morgan fingerprint density at radius 3 is 2.07 bits per heavy atom. The molecule has 0 aliphatic carbocycles. The van der Waals surface area contributed by atoms with Gasteiger partial charge in [0.15, 0.2) is 0 Å². The maximum atomic E-state index is 12.9. The van der Waals surface area contributed by atoms with Crippen LogP contribution in [0.15, 0.2) is 97.2 Å². The molecule has 0 amide bonds. The van der Waals surface area contributed by atoms with Gasteiger partial charge in [0.2, 0.25) is 10.0 Å². The minimum atomic E-state index is -4.38. The number of nitrogens with one attached hydrogen (secondary N) is 1. The van der Waals surface area contributed by atoms with Crippen molar-refractivity contribution in [2.24, 2.45) is 0 Å². The van der Waals surface area contributed by atoms with Gasteiger partial charge >= 0.3 is 6.18 Å². The third-order valence-electron chi connectivity index (χ3n) is 6.51. The second-order valence-electron chi connectivity index (χ2n) is 9.84. The van der Waals surface area contributed by atoms with Crippen molar-refractivity contribution in [2.45, 2.75) is 12.7 Å². The highest BCUT2D eigenvalue weighted by atomic mass is 35.5. The van der Waals surface area contributed by atoms with Gasteiger partial charge in [-0.25, -0.2) is 13.4 Å². The smallest absolute Gasteiger partial charge is 0.326 e. The average Bonchev–Trinajstić information content (AvgIpc) is 3.34. The molecule has 1 N–H and O–H groups in total. The van der Waals surface area contributed by atoms with Gasteiger partial charge in [0.25, 0.3) is 0 Å². The van der Waals surface area contributed by atoms with Crippen LogP contribution in [-0.2, 0) is 22.7 Å². The van der Waals surface area contributed by atoms with Gasteiger partial charge in [0.05, 0.1) is 22.5 Å². The fraction of sp³-hybridized carbons (Fsp3) is 0.0938. The van der Waals surface area contributed by atoms with E-state index in [4.69, 9.17) is 28.2 Å². The molecular weight excluding hydrogens is 618 g/mol. The van der Waals surface area contributed by atoms with Gasteiger partial charge in [-0.05, 0) is 70.8 Å². The zero-order chi connectivity index (χ0) is 30.8. The van der Waals surface area contributed by atoms with Crippen molar-refractivity contribution in [3.05, 3.63) is 130 Å². The quantitative estimate of drug-likeness (QED) is 0.184. The lowest BCUT2D eigenvalue weighted by molar-refractivity contribution is -0.137. The van der Waals surface area contributed by atoms with Crippen LogP contribution in [0, 0.1) is 0 Å². The summed E-state index contributed by atoms with van der Waals surface area (Å²) in [7, 11) is -3.39. The van der Waals surface area contributed by atoms with Gasteiger partial charge < -0.3 is 4.57 Å². The predicted octanol–water partition coefficient (Wildman–Crippen LogP) is 9.13. The summed E-state index contributed by atoms with van der Waals surface area (Å²) in [6, 6.07) is 24.7. The van der Waals surface area contributed by atoms with Crippen LogP contribution in [0.3, 0.4) is 0 Å². The lowest BCUT2D eigenvalue weighted by atomic mass is 10.0. The Morgan fingerprint density at radius 1 is 0.860 bits per heavy atom. The zero-order valence-corrected chi connectivity index (χ0v) is 24.9. The molecule has 1 aromatic heterocycles. The Balaban J connectivity index is 1.41. The Hall–Kier alpha value is -4.05. The van der Waals surface area contributed by atoms with Gasteiger partial charge in [-0.1, -0.05) is 77.8 Å². The molecule has 0 atom stereocenters. The summed E-state index contributed by atoms with van der Waals surface area (Å²) in [5.74, 6) is 0.645. The first-order chi connectivity index (χ1) is 20.3. The molecule has 5 aromatic rings. The van der Waals surface area contributed by atoms with E-state index in [1.807, 2.05) is 59.3 Å². The van der Waals surface area contributed by atoms with E-state index in [-0.39, 0.29) is 0 Å². The molecule has 5 nitrogen and oxygen atoms in total. The van der Waals surface area contributed by atoms with Crippen LogP contribution < -0.4 is 4.72 Å². The predicted molar refractivity (Wildman–Crippen MR) is 168 cm³/mol. The number of anilines is 1. The summed E-state index contributed by atoms with van der Waals surface area (Å²) in [6.07, 6.45) is 2.35. The van der Waals surface area contributed by atoms with Crippen molar-refractivity contribution in [3.63, 3.8) is 0 Å². The third kappa shape index (κ3) is 7.87. The number of benzene rings is 4. The molecule has 220 valence electrons. The summed E-state index contributed by atoms with van der Waals surface area (Å²) in [4.78, 5) is 4.81. The molecule has 43 heavy (non-hydrogen) atoms. The number of hydrogen-bond acceptors (Lipinski definition) is 3. The summed E-state index contributed by atoms with van der Waals surface area (Å²) in [6.45, 7) is 0.448. The minimum absolute atomic E-state index is 0.448. The molecule has 4 aromatic carbocycles. The van der Waals surface area contributed by atoms with Crippen molar-refractivity contribution < 1.29 is 21.6 Å². The van der Waals surface area contributed by atoms with Crippen molar-refractivity contribution in [1.29, 1.82) is 0 Å². The molecule has 0 radical (unpaired) electrons. The summed E-state index contributed by atoms with van der Waals surface area (Å²) < 4.78 is 66.2. The lowest BCUT2D eigenvalue weighted by Crippen LogP contribution is -2.09. The van der Waals surface area contributed by atoms with E-state index in [2.05, 4.69) is 4.72 Å². The van der Waals surface area contributed by atoms with Crippen LogP contribution in [0.2, 0.25) is 10.0 Å². The van der Waals surface area contributed by atoms with E-state index in [9.17, 15) is 21.6 Å². The number of hydrogen-bond donors (Lipinski definition) is 1. The van der Waals surface area contributed by atoms with E-state index < -0.39 is 21.8 Å². The van der Waals surface area contributed by atoms with E-state index in [1.165, 1.54) is 12.1 Å². The SMILES string of the molecule is CS(=O)(=O)Nc1ccc(Cn2cc(-c3ccc(Cl)cc3Cl)nc2C=Cc2ccc(-c3ccc(C(F)(F)F)cc3)cc2)cc1. The molecule has 5 rings (SSSR count). The molecule has 0 saturated heterocycles.